The minimum absolute atomic E-state index is 0.0298. The number of pyridine rings is 1. The number of aromatic nitrogens is 1. The van der Waals surface area contributed by atoms with Gasteiger partial charge in [-0.25, -0.2) is 0 Å². The van der Waals surface area contributed by atoms with Crippen LogP contribution < -0.4 is 5.56 Å². The van der Waals surface area contributed by atoms with Crippen molar-refractivity contribution in [2.24, 2.45) is 0 Å². The van der Waals surface area contributed by atoms with E-state index in [1.807, 2.05) is 72.8 Å². The number of hydrogen-bond donors (Lipinski definition) is 3. The molecule has 0 aliphatic rings. The standard InChI is InChI=1S/C30H22ClNO4/c31-26-17-27-22(15-24(26)20-11-9-19(10-12-20)23-6-1-2-7-28(23)33)16-25(30(36)32-27)21-5-3-4-18(14-21)8-13-29(34)35/h1-7,9-12,14-17,33H,8,13H2,(H,32,36)(H,34,35). The van der Waals surface area contributed by atoms with Gasteiger partial charge in [-0.1, -0.05) is 78.3 Å². The number of para-hydroxylation sites is 1. The van der Waals surface area contributed by atoms with Crippen LogP contribution in [0.2, 0.25) is 5.02 Å². The summed E-state index contributed by atoms with van der Waals surface area (Å²) in [5.74, 6) is -0.639. The number of hydrogen-bond acceptors (Lipinski definition) is 3. The van der Waals surface area contributed by atoms with Gasteiger partial charge in [-0.2, -0.15) is 0 Å². The summed E-state index contributed by atoms with van der Waals surface area (Å²) in [6.45, 7) is 0. The molecule has 0 spiro atoms. The third-order valence-corrected chi connectivity index (χ3v) is 6.52. The normalized spacial score (nSPS) is 11.0. The molecule has 5 rings (SSSR count). The van der Waals surface area contributed by atoms with E-state index < -0.39 is 5.97 Å². The van der Waals surface area contributed by atoms with Crippen molar-refractivity contribution in [3.63, 3.8) is 0 Å². The zero-order chi connectivity index (χ0) is 25.2. The maximum Gasteiger partial charge on any atom is 0.303 e. The number of H-pyrrole nitrogens is 1. The van der Waals surface area contributed by atoms with Gasteiger partial charge in [0.2, 0.25) is 0 Å². The van der Waals surface area contributed by atoms with Gasteiger partial charge in [0.15, 0.2) is 0 Å². The van der Waals surface area contributed by atoms with Crippen LogP contribution in [0.15, 0.2) is 95.8 Å². The summed E-state index contributed by atoms with van der Waals surface area (Å²) in [5.41, 5.74) is 5.84. The highest BCUT2D eigenvalue weighted by Crippen LogP contribution is 2.35. The Balaban J connectivity index is 1.53. The van der Waals surface area contributed by atoms with E-state index in [0.29, 0.717) is 22.5 Å². The number of aromatic hydroxyl groups is 1. The minimum atomic E-state index is -0.859. The Kier molecular flexibility index (Phi) is 6.32. The van der Waals surface area contributed by atoms with Crippen LogP contribution in [0.5, 0.6) is 5.75 Å². The molecule has 4 aromatic carbocycles. The van der Waals surface area contributed by atoms with Gasteiger partial charge in [-0.3, -0.25) is 9.59 Å². The van der Waals surface area contributed by atoms with Gasteiger partial charge in [0.05, 0.1) is 5.02 Å². The quantitative estimate of drug-likeness (QED) is 0.239. The van der Waals surface area contributed by atoms with Crippen LogP contribution >= 0.6 is 11.6 Å². The predicted molar refractivity (Wildman–Crippen MR) is 144 cm³/mol. The summed E-state index contributed by atoms with van der Waals surface area (Å²) < 4.78 is 0. The number of carboxylic acid groups (broad SMARTS) is 1. The molecule has 0 saturated carbocycles. The Hall–Kier alpha value is -4.35. The first-order valence-corrected chi connectivity index (χ1v) is 11.8. The average Bonchev–Trinajstić information content (AvgIpc) is 2.87. The van der Waals surface area contributed by atoms with Gasteiger partial charge < -0.3 is 15.2 Å². The molecule has 0 unspecified atom stereocenters. The SMILES string of the molecule is O=C(O)CCc1cccc(-c2cc3cc(-c4ccc(-c5ccccc5O)cc4)c(Cl)cc3[nH]c2=O)c1. The van der Waals surface area contributed by atoms with E-state index in [9.17, 15) is 14.7 Å². The van der Waals surface area contributed by atoms with Gasteiger partial charge in [0, 0.05) is 28.6 Å². The molecule has 0 amide bonds. The van der Waals surface area contributed by atoms with Crippen LogP contribution in [0.1, 0.15) is 12.0 Å². The number of aliphatic carboxylic acids is 1. The molecule has 5 nitrogen and oxygen atoms in total. The van der Waals surface area contributed by atoms with Crippen molar-refractivity contribution in [1.29, 1.82) is 0 Å². The fourth-order valence-electron chi connectivity index (χ4n) is 4.36. The van der Waals surface area contributed by atoms with Crippen LogP contribution in [-0.2, 0) is 11.2 Å². The van der Waals surface area contributed by atoms with Crippen LogP contribution in [-0.4, -0.2) is 21.2 Å². The summed E-state index contributed by atoms with van der Waals surface area (Å²) in [5, 5.41) is 20.5. The number of aromatic amines is 1. The van der Waals surface area contributed by atoms with E-state index >= 15 is 0 Å². The molecule has 1 heterocycles. The minimum Gasteiger partial charge on any atom is -0.507 e. The van der Waals surface area contributed by atoms with Crippen LogP contribution in [0.3, 0.4) is 0 Å². The van der Waals surface area contributed by atoms with E-state index in [1.165, 1.54) is 0 Å². The van der Waals surface area contributed by atoms with Crippen molar-refractivity contribution < 1.29 is 15.0 Å². The topological polar surface area (TPSA) is 90.4 Å². The third-order valence-electron chi connectivity index (χ3n) is 6.21. The lowest BCUT2D eigenvalue weighted by molar-refractivity contribution is -0.136. The van der Waals surface area contributed by atoms with Crippen molar-refractivity contribution in [1.82, 2.24) is 4.98 Å². The lowest BCUT2D eigenvalue weighted by Crippen LogP contribution is -2.09. The van der Waals surface area contributed by atoms with E-state index in [4.69, 9.17) is 16.7 Å². The molecule has 0 saturated heterocycles. The highest BCUT2D eigenvalue weighted by atomic mass is 35.5. The van der Waals surface area contributed by atoms with E-state index in [0.717, 1.165) is 38.8 Å². The molecule has 0 atom stereocenters. The molecule has 5 aromatic rings. The third kappa shape index (κ3) is 4.74. The van der Waals surface area contributed by atoms with Crippen LogP contribution in [0.25, 0.3) is 44.3 Å². The van der Waals surface area contributed by atoms with E-state index in [1.54, 1.807) is 18.2 Å². The number of carbonyl (C=O) groups is 1. The van der Waals surface area contributed by atoms with Crippen molar-refractivity contribution in [3.05, 3.63) is 112 Å². The molecule has 6 heteroatoms. The fourth-order valence-corrected chi connectivity index (χ4v) is 4.63. The summed E-state index contributed by atoms with van der Waals surface area (Å²) in [4.78, 5) is 26.7. The number of halogens is 1. The maximum atomic E-state index is 12.9. The number of benzene rings is 4. The summed E-state index contributed by atoms with van der Waals surface area (Å²) in [6, 6.07) is 27.9. The molecule has 0 radical (unpaired) electrons. The van der Waals surface area contributed by atoms with Crippen LogP contribution in [0.4, 0.5) is 0 Å². The second-order valence-corrected chi connectivity index (χ2v) is 9.03. The molecular weight excluding hydrogens is 474 g/mol. The fraction of sp³-hybridized carbons (Fsp3) is 0.0667. The predicted octanol–water partition coefficient (Wildman–Crippen LogP) is 6.91. The second-order valence-electron chi connectivity index (χ2n) is 8.62. The molecule has 1 aromatic heterocycles. The largest absolute Gasteiger partial charge is 0.507 e. The van der Waals surface area contributed by atoms with Gasteiger partial charge in [-0.15, -0.1) is 0 Å². The number of carboxylic acids is 1. The van der Waals surface area contributed by atoms with Crippen molar-refractivity contribution in [2.45, 2.75) is 12.8 Å². The Morgan fingerprint density at radius 1 is 0.778 bits per heavy atom. The lowest BCUT2D eigenvalue weighted by Gasteiger charge is -2.11. The Morgan fingerprint density at radius 3 is 2.19 bits per heavy atom. The molecular formula is C30H22ClNO4. The van der Waals surface area contributed by atoms with Crippen molar-refractivity contribution in [2.75, 3.05) is 0 Å². The molecule has 3 N–H and O–H groups in total. The second kappa shape index (κ2) is 9.72. The number of phenolic OH excluding ortho intramolecular Hbond substituents is 1. The number of rotatable bonds is 6. The lowest BCUT2D eigenvalue weighted by atomic mass is 9.97. The Morgan fingerprint density at radius 2 is 1.47 bits per heavy atom. The molecule has 36 heavy (non-hydrogen) atoms. The smallest absolute Gasteiger partial charge is 0.303 e. The first-order chi connectivity index (χ1) is 17.4. The van der Waals surface area contributed by atoms with Gasteiger partial charge in [0.25, 0.3) is 5.56 Å². The number of aryl methyl sites for hydroxylation is 1. The average molecular weight is 496 g/mol. The molecule has 0 fully saturated rings. The highest BCUT2D eigenvalue weighted by molar-refractivity contribution is 6.34. The zero-order valence-electron chi connectivity index (χ0n) is 19.2. The molecule has 178 valence electrons. The van der Waals surface area contributed by atoms with E-state index in [2.05, 4.69) is 4.98 Å². The van der Waals surface area contributed by atoms with E-state index in [-0.39, 0.29) is 17.7 Å². The number of phenols is 1. The highest BCUT2D eigenvalue weighted by Gasteiger charge is 2.12. The molecule has 0 aliphatic carbocycles. The first-order valence-electron chi connectivity index (χ1n) is 11.5. The Bertz CT molecular complexity index is 1650. The number of nitrogens with one attached hydrogen (secondary N) is 1. The summed E-state index contributed by atoms with van der Waals surface area (Å²) in [6.07, 6.45) is 0.424. The maximum absolute atomic E-state index is 12.9. The van der Waals surface area contributed by atoms with Crippen molar-refractivity contribution >= 4 is 28.5 Å². The van der Waals surface area contributed by atoms with Gasteiger partial charge in [-0.05, 0) is 58.3 Å². The van der Waals surface area contributed by atoms with Crippen molar-refractivity contribution in [3.8, 4) is 39.1 Å². The number of fused-ring (bicyclic) bond motifs is 1. The molecule has 0 bridgehead atoms. The first kappa shape index (κ1) is 23.4. The van der Waals surface area contributed by atoms with Gasteiger partial charge in [0.1, 0.15) is 5.75 Å². The zero-order valence-corrected chi connectivity index (χ0v) is 19.9. The summed E-state index contributed by atoms with van der Waals surface area (Å²) >= 11 is 6.60. The Labute approximate surface area is 212 Å². The van der Waals surface area contributed by atoms with Gasteiger partial charge >= 0.3 is 5.97 Å². The van der Waals surface area contributed by atoms with Crippen LogP contribution in [0, 0.1) is 0 Å². The summed E-state index contributed by atoms with van der Waals surface area (Å²) in [7, 11) is 0. The molecule has 0 aliphatic heterocycles. The monoisotopic (exact) mass is 495 g/mol.